The smallest absolute Gasteiger partial charge is 0.267 e. The van der Waals surface area contributed by atoms with Crippen LogP contribution in [0.1, 0.15) is 9.67 Å². The van der Waals surface area contributed by atoms with Crippen molar-refractivity contribution in [1.29, 1.82) is 0 Å². The van der Waals surface area contributed by atoms with E-state index < -0.39 is 15.9 Å². The zero-order chi connectivity index (χ0) is 22.7. The third kappa shape index (κ3) is 4.61. The Labute approximate surface area is 196 Å². The lowest BCUT2D eigenvalue weighted by Crippen LogP contribution is -2.48. The van der Waals surface area contributed by atoms with Gasteiger partial charge in [-0.3, -0.25) is 4.79 Å². The quantitative estimate of drug-likeness (QED) is 0.559. The molecule has 0 saturated carbocycles. The topological polar surface area (TPSA) is 78.9 Å². The molecule has 0 bridgehead atoms. The molecule has 1 aromatic heterocycles. The summed E-state index contributed by atoms with van der Waals surface area (Å²) in [5.41, 5.74) is 1.52. The van der Waals surface area contributed by atoms with Crippen molar-refractivity contribution in [1.82, 2.24) is 4.31 Å². The number of sulfonamides is 1. The van der Waals surface area contributed by atoms with Crippen molar-refractivity contribution in [3.05, 3.63) is 69.9 Å². The summed E-state index contributed by atoms with van der Waals surface area (Å²) in [5.74, 6) is -0.0126. The minimum absolute atomic E-state index is 0.0211. The van der Waals surface area contributed by atoms with Crippen LogP contribution in [-0.4, -0.2) is 51.9 Å². The number of ether oxygens (including phenoxy) is 1. The van der Waals surface area contributed by atoms with Crippen molar-refractivity contribution in [2.45, 2.75) is 4.90 Å². The first kappa shape index (κ1) is 22.6. The zero-order valence-electron chi connectivity index (χ0n) is 17.3. The lowest BCUT2D eigenvalue weighted by molar-refractivity contribution is 0.102. The molecule has 10 heteroatoms. The Morgan fingerprint density at radius 3 is 2.44 bits per heavy atom. The molecule has 2 heterocycles. The summed E-state index contributed by atoms with van der Waals surface area (Å²) in [5, 5.41) is 4.68. The average molecular weight is 492 g/mol. The number of piperazine rings is 1. The number of thiophene rings is 1. The highest BCUT2D eigenvalue weighted by molar-refractivity contribution is 7.89. The van der Waals surface area contributed by atoms with Crippen molar-refractivity contribution in [3.8, 4) is 5.75 Å². The molecule has 2 aromatic carbocycles. The number of para-hydroxylation sites is 1. The monoisotopic (exact) mass is 491 g/mol. The van der Waals surface area contributed by atoms with Crippen LogP contribution in [0.25, 0.3) is 0 Å². The maximum absolute atomic E-state index is 13.3. The molecular formula is C22H22ClN3O4S2. The highest BCUT2D eigenvalue weighted by Gasteiger charge is 2.32. The second-order valence-electron chi connectivity index (χ2n) is 7.14. The number of hydrogen-bond donors (Lipinski definition) is 1. The van der Waals surface area contributed by atoms with Crippen LogP contribution in [-0.2, 0) is 10.0 Å². The standard InChI is InChI=1S/C22H22ClN3O4S2/c1-30-19-8-7-16(15-18(19)23)24-22(27)21-20(9-14-31-21)32(28,29)26-12-10-25(11-13-26)17-5-3-2-4-6-17/h2-9,14-15H,10-13H2,1H3,(H,24,27). The number of rotatable bonds is 6. The van der Waals surface area contributed by atoms with E-state index in [2.05, 4.69) is 10.2 Å². The molecule has 32 heavy (non-hydrogen) atoms. The number of carbonyl (C=O) groups is 1. The van der Waals surface area contributed by atoms with E-state index in [1.54, 1.807) is 23.6 Å². The fourth-order valence-electron chi connectivity index (χ4n) is 3.56. The second kappa shape index (κ2) is 9.50. The van der Waals surface area contributed by atoms with Crippen LogP contribution in [0.4, 0.5) is 11.4 Å². The number of benzene rings is 2. The highest BCUT2D eigenvalue weighted by atomic mass is 35.5. The Balaban J connectivity index is 1.48. The van der Waals surface area contributed by atoms with E-state index in [9.17, 15) is 13.2 Å². The molecule has 1 fully saturated rings. The van der Waals surface area contributed by atoms with Gasteiger partial charge in [0.15, 0.2) is 0 Å². The van der Waals surface area contributed by atoms with Crippen LogP contribution in [0, 0.1) is 0 Å². The van der Waals surface area contributed by atoms with Crippen molar-refractivity contribution >= 4 is 50.2 Å². The number of amides is 1. The number of anilines is 2. The second-order valence-corrected chi connectivity index (χ2v) is 10.4. The lowest BCUT2D eigenvalue weighted by atomic mass is 10.2. The Morgan fingerprint density at radius 1 is 1.06 bits per heavy atom. The van der Waals surface area contributed by atoms with Gasteiger partial charge in [0.1, 0.15) is 15.5 Å². The number of methoxy groups -OCH3 is 1. The molecule has 0 atom stereocenters. The van der Waals surface area contributed by atoms with Crippen LogP contribution >= 0.6 is 22.9 Å². The predicted molar refractivity (Wildman–Crippen MR) is 128 cm³/mol. The SMILES string of the molecule is COc1ccc(NC(=O)c2sccc2S(=O)(=O)N2CCN(c3ccccc3)CC2)cc1Cl. The lowest BCUT2D eigenvalue weighted by Gasteiger charge is -2.35. The maximum atomic E-state index is 13.3. The Hall–Kier alpha value is -2.59. The van der Waals surface area contributed by atoms with E-state index in [1.807, 2.05) is 30.3 Å². The van der Waals surface area contributed by atoms with E-state index in [0.717, 1.165) is 17.0 Å². The van der Waals surface area contributed by atoms with E-state index in [0.29, 0.717) is 42.6 Å². The zero-order valence-corrected chi connectivity index (χ0v) is 19.7. The third-order valence-electron chi connectivity index (χ3n) is 5.22. The van der Waals surface area contributed by atoms with Gasteiger partial charge in [-0.2, -0.15) is 4.31 Å². The van der Waals surface area contributed by atoms with Gasteiger partial charge < -0.3 is 15.0 Å². The van der Waals surface area contributed by atoms with Crippen LogP contribution in [0.15, 0.2) is 64.9 Å². The molecule has 3 aromatic rings. The molecule has 4 rings (SSSR count). The fraction of sp³-hybridized carbons (Fsp3) is 0.227. The maximum Gasteiger partial charge on any atom is 0.267 e. The van der Waals surface area contributed by atoms with Gasteiger partial charge in [-0.1, -0.05) is 29.8 Å². The number of nitrogens with one attached hydrogen (secondary N) is 1. The summed E-state index contributed by atoms with van der Waals surface area (Å²) in [6.45, 7) is 1.86. The Morgan fingerprint density at radius 2 is 1.78 bits per heavy atom. The fourth-order valence-corrected chi connectivity index (χ4v) is 6.54. The van der Waals surface area contributed by atoms with Crippen molar-refractivity contribution in [3.63, 3.8) is 0 Å². The summed E-state index contributed by atoms with van der Waals surface area (Å²) in [7, 11) is -2.30. The molecule has 1 saturated heterocycles. The molecule has 0 radical (unpaired) electrons. The summed E-state index contributed by atoms with van der Waals surface area (Å²) in [6.07, 6.45) is 0. The van der Waals surface area contributed by atoms with E-state index in [1.165, 1.54) is 17.5 Å². The van der Waals surface area contributed by atoms with Gasteiger partial charge >= 0.3 is 0 Å². The van der Waals surface area contributed by atoms with E-state index in [-0.39, 0.29) is 9.77 Å². The molecule has 0 spiro atoms. The Bertz CT molecular complexity index is 1210. The largest absolute Gasteiger partial charge is 0.495 e. The van der Waals surface area contributed by atoms with Gasteiger partial charge in [-0.15, -0.1) is 11.3 Å². The molecule has 1 N–H and O–H groups in total. The molecule has 0 unspecified atom stereocenters. The number of carbonyl (C=O) groups excluding carboxylic acids is 1. The van der Waals surface area contributed by atoms with Crippen LogP contribution in [0.2, 0.25) is 5.02 Å². The first-order chi connectivity index (χ1) is 15.4. The van der Waals surface area contributed by atoms with Gasteiger partial charge in [-0.25, -0.2) is 8.42 Å². The molecule has 1 amide bonds. The van der Waals surface area contributed by atoms with Crippen molar-refractivity contribution in [2.75, 3.05) is 43.5 Å². The summed E-state index contributed by atoms with van der Waals surface area (Å²) >= 11 is 7.21. The number of nitrogens with zero attached hydrogens (tertiary/aromatic N) is 2. The minimum atomic E-state index is -3.80. The summed E-state index contributed by atoms with van der Waals surface area (Å²) in [4.78, 5) is 15.2. The van der Waals surface area contributed by atoms with Gasteiger partial charge in [0.25, 0.3) is 5.91 Å². The van der Waals surface area contributed by atoms with Crippen LogP contribution in [0.5, 0.6) is 5.75 Å². The molecular weight excluding hydrogens is 470 g/mol. The summed E-state index contributed by atoms with van der Waals surface area (Å²) in [6, 6.07) is 16.2. The number of halogens is 1. The molecule has 1 aliphatic heterocycles. The van der Waals surface area contributed by atoms with Gasteiger partial charge in [0.05, 0.1) is 12.1 Å². The van der Waals surface area contributed by atoms with Crippen molar-refractivity contribution < 1.29 is 17.9 Å². The minimum Gasteiger partial charge on any atom is -0.495 e. The van der Waals surface area contributed by atoms with Gasteiger partial charge in [0.2, 0.25) is 10.0 Å². The normalized spacial score (nSPS) is 14.9. The first-order valence-corrected chi connectivity index (χ1v) is 12.6. The molecule has 168 valence electrons. The Kier molecular flexibility index (Phi) is 6.71. The first-order valence-electron chi connectivity index (χ1n) is 9.92. The number of hydrogen-bond acceptors (Lipinski definition) is 6. The third-order valence-corrected chi connectivity index (χ3v) is 8.50. The molecule has 7 nitrogen and oxygen atoms in total. The molecule has 1 aliphatic rings. The van der Waals surface area contributed by atoms with Crippen molar-refractivity contribution in [2.24, 2.45) is 0 Å². The van der Waals surface area contributed by atoms with Crippen LogP contribution < -0.4 is 15.0 Å². The van der Waals surface area contributed by atoms with E-state index in [4.69, 9.17) is 16.3 Å². The van der Waals surface area contributed by atoms with Crippen LogP contribution in [0.3, 0.4) is 0 Å². The van der Waals surface area contributed by atoms with Gasteiger partial charge in [0, 0.05) is 37.6 Å². The van der Waals surface area contributed by atoms with E-state index >= 15 is 0 Å². The summed E-state index contributed by atoms with van der Waals surface area (Å²) < 4.78 is 33.2. The predicted octanol–water partition coefficient (Wildman–Crippen LogP) is 4.17. The highest BCUT2D eigenvalue weighted by Crippen LogP contribution is 2.30. The average Bonchev–Trinajstić information content (AvgIpc) is 3.31. The molecule has 0 aliphatic carbocycles. The van der Waals surface area contributed by atoms with Gasteiger partial charge in [-0.05, 0) is 41.8 Å².